The lowest BCUT2D eigenvalue weighted by atomic mass is 9.96. The summed E-state index contributed by atoms with van der Waals surface area (Å²) in [6.07, 6.45) is 5.71. The molecule has 0 aromatic heterocycles. The van der Waals surface area contributed by atoms with Crippen molar-refractivity contribution in [2.45, 2.75) is 31.7 Å². The van der Waals surface area contributed by atoms with Gasteiger partial charge in [0.25, 0.3) is 0 Å². The van der Waals surface area contributed by atoms with Gasteiger partial charge in [-0.2, -0.15) is 0 Å². The van der Waals surface area contributed by atoms with Crippen LogP contribution in [0.1, 0.15) is 25.7 Å². The predicted octanol–water partition coefficient (Wildman–Crippen LogP) is 1.07. The van der Waals surface area contributed by atoms with Gasteiger partial charge in [0, 0.05) is 19.6 Å². The van der Waals surface area contributed by atoms with Crippen LogP contribution in [0.15, 0.2) is 4.99 Å². The van der Waals surface area contributed by atoms with Crippen LogP contribution >= 0.6 is 0 Å². The standard InChI is InChI=1S/C11H19N3/c1-14-6-5-12-11(14)13-10-4-2-3-8-7-9(8)10/h8-10H,2-7H2,1H3,(H,12,13). The zero-order chi connectivity index (χ0) is 9.54. The van der Waals surface area contributed by atoms with Crippen LogP contribution in [0.25, 0.3) is 0 Å². The van der Waals surface area contributed by atoms with Crippen LogP contribution < -0.4 is 5.32 Å². The maximum atomic E-state index is 4.50. The van der Waals surface area contributed by atoms with Crippen molar-refractivity contribution in [3.63, 3.8) is 0 Å². The third-order valence-corrected chi connectivity index (χ3v) is 3.96. The molecular weight excluding hydrogens is 174 g/mol. The van der Waals surface area contributed by atoms with E-state index in [-0.39, 0.29) is 0 Å². The van der Waals surface area contributed by atoms with Crippen molar-refractivity contribution >= 4 is 5.96 Å². The molecule has 1 N–H and O–H groups in total. The molecule has 3 atom stereocenters. The largest absolute Gasteiger partial charge is 0.353 e. The monoisotopic (exact) mass is 193 g/mol. The fourth-order valence-electron chi connectivity index (χ4n) is 2.94. The van der Waals surface area contributed by atoms with Gasteiger partial charge in [-0.25, -0.2) is 0 Å². The van der Waals surface area contributed by atoms with Crippen molar-refractivity contribution in [3.8, 4) is 0 Å². The number of rotatable bonds is 1. The van der Waals surface area contributed by atoms with Crippen LogP contribution in [0.4, 0.5) is 0 Å². The van der Waals surface area contributed by atoms with Gasteiger partial charge in [-0.3, -0.25) is 4.99 Å². The number of hydrogen-bond donors (Lipinski definition) is 1. The molecule has 78 valence electrons. The molecule has 3 unspecified atom stereocenters. The van der Waals surface area contributed by atoms with E-state index in [1.165, 1.54) is 25.7 Å². The first kappa shape index (κ1) is 8.57. The van der Waals surface area contributed by atoms with E-state index in [1.54, 1.807) is 0 Å². The van der Waals surface area contributed by atoms with E-state index in [1.807, 2.05) is 0 Å². The van der Waals surface area contributed by atoms with E-state index in [0.717, 1.165) is 36.9 Å². The fraction of sp³-hybridized carbons (Fsp3) is 0.909. The van der Waals surface area contributed by atoms with Crippen LogP contribution in [0, 0.1) is 11.8 Å². The van der Waals surface area contributed by atoms with Crippen LogP contribution in [-0.4, -0.2) is 37.0 Å². The second-order valence-electron chi connectivity index (χ2n) is 4.97. The Morgan fingerprint density at radius 3 is 3.14 bits per heavy atom. The molecule has 0 amide bonds. The first-order valence-electron chi connectivity index (χ1n) is 5.87. The molecule has 2 aliphatic carbocycles. The Morgan fingerprint density at radius 1 is 1.43 bits per heavy atom. The van der Waals surface area contributed by atoms with Gasteiger partial charge in [0.1, 0.15) is 0 Å². The van der Waals surface area contributed by atoms with Gasteiger partial charge in [-0.15, -0.1) is 0 Å². The minimum absolute atomic E-state index is 0.730. The van der Waals surface area contributed by atoms with Gasteiger partial charge < -0.3 is 10.2 Å². The highest BCUT2D eigenvalue weighted by Gasteiger charge is 2.45. The van der Waals surface area contributed by atoms with Crippen molar-refractivity contribution in [3.05, 3.63) is 0 Å². The van der Waals surface area contributed by atoms with E-state index in [9.17, 15) is 0 Å². The third-order valence-electron chi connectivity index (χ3n) is 3.96. The summed E-state index contributed by atoms with van der Waals surface area (Å²) in [5.74, 6) is 3.16. The van der Waals surface area contributed by atoms with Crippen molar-refractivity contribution < 1.29 is 0 Å². The Hall–Kier alpha value is -0.730. The average molecular weight is 193 g/mol. The molecule has 2 fully saturated rings. The molecule has 1 heterocycles. The third kappa shape index (κ3) is 1.39. The number of hydrogen-bond acceptors (Lipinski definition) is 3. The molecule has 0 aromatic carbocycles. The summed E-state index contributed by atoms with van der Waals surface area (Å²) < 4.78 is 0. The van der Waals surface area contributed by atoms with Crippen LogP contribution in [0.5, 0.6) is 0 Å². The van der Waals surface area contributed by atoms with E-state index in [4.69, 9.17) is 0 Å². The number of nitrogens with zero attached hydrogens (tertiary/aromatic N) is 2. The highest BCUT2D eigenvalue weighted by Crippen LogP contribution is 2.49. The van der Waals surface area contributed by atoms with Crippen molar-refractivity contribution in [1.29, 1.82) is 0 Å². The molecule has 0 spiro atoms. The Labute approximate surface area is 85.6 Å². The lowest BCUT2D eigenvalue weighted by Gasteiger charge is -2.26. The van der Waals surface area contributed by atoms with E-state index < -0.39 is 0 Å². The summed E-state index contributed by atoms with van der Waals surface area (Å²) >= 11 is 0. The average Bonchev–Trinajstić information content (AvgIpc) is 2.87. The molecule has 0 radical (unpaired) electrons. The summed E-state index contributed by atoms with van der Waals surface area (Å²) in [7, 11) is 2.13. The summed E-state index contributed by atoms with van der Waals surface area (Å²) in [5.41, 5.74) is 0. The normalized spacial score (nSPS) is 40.5. The van der Waals surface area contributed by atoms with Gasteiger partial charge in [-0.05, 0) is 24.7 Å². The summed E-state index contributed by atoms with van der Waals surface area (Å²) in [6.45, 7) is 2.06. The molecule has 3 heteroatoms. The van der Waals surface area contributed by atoms with E-state index in [0.29, 0.717) is 0 Å². The molecule has 3 nitrogen and oxygen atoms in total. The molecule has 3 aliphatic rings. The number of nitrogens with one attached hydrogen (secondary N) is 1. The van der Waals surface area contributed by atoms with E-state index >= 15 is 0 Å². The lowest BCUT2D eigenvalue weighted by Crippen LogP contribution is -2.44. The SMILES string of the molecule is CN1CCN=C1NC1CCCC2CC21. The van der Waals surface area contributed by atoms with Gasteiger partial charge in [0.2, 0.25) is 0 Å². The zero-order valence-electron chi connectivity index (χ0n) is 8.87. The van der Waals surface area contributed by atoms with Gasteiger partial charge >= 0.3 is 0 Å². The minimum Gasteiger partial charge on any atom is -0.353 e. The highest BCUT2D eigenvalue weighted by atomic mass is 15.3. The summed E-state index contributed by atoms with van der Waals surface area (Å²) in [4.78, 5) is 6.74. The summed E-state index contributed by atoms with van der Waals surface area (Å²) in [6, 6.07) is 0.730. The number of fused-ring (bicyclic) bond motifs is 1. The van der Waals surface area contributed by atoms with Gasteiger partial charge in [0.15, 0.2) is 5.96 Å². The van der Waals surface area contributed by atoms with Gasteiger partial charge in [-0.1, -0.05) is 12.8 Å². The lowest BCUT2D eigenvalue weighted by molar-refractivity contribution is 0.379. The highest BCUT2D eigenvalue weighted by molar-refractivity contribution is 5.81. The zero-order valence-corrected chi connectivity index (χ0v) is 8.87. The maximum absolute atomic E-state index is 4.50. The Morgan fingerprint density at radius 2 is 2.36 bits per heavy atom. The van der Waals surface area contributed by atoms with Crippen molar-refractivity contribution in [1.82, 2.24) is 10.2 Å². The molecule has 1 aliphatic heterocycles. The van der Waals surface area contributed by atoms with Crippen LogP contribution in [0.3, 0.4) is 0 Å². The number of aliphatic imine (C=N–C) groups is 1. The molecule has 2 saturated carbocycles. The molecule has 0 bridgehead atoms. The maximum Gasteiger partial charge on any atom is 0.194 e. The fourth-order valence-corrected chi connectivity index (χ4v) is 2.94. The molecule has 14 heavy (non-hydrogen) atoms. The quantitative estimate of drug-likeness (QED) is 0.674. The first-order valence-corrected chi connectivity index (χ1v) is 5.87. The topological polar surface area (TPSA) is 27.6 Å². The second kappa shape index (κ2) is 3.14. The predicted molar refractivity (Wildman–Crippen MR) is 57.3 cm³/mol. The second-order valence-corrected chi connectivity index (χ2v) is 4.97. The van der Waals surface area contributed by atoms with E-state index in [2.05, 4.69) is 22.3 Å². The smallest absolute Gasteiger partial charge is 0.194 e. The first-order chi connectivity index (χ1) is 6.84. The Bertz CT molecular complexity index is 261. The number of guanidine groups is 1. The van der Waals surface area contributed by atoms with Crippen LogP contribution in [-0.2, 0) is 0 Å². The number of likely N-dealkylation sites (N-methyl/N-ethyl adjacent to an activating group) is 1. The molecule has 3 rings (SSSR count). The Kier molecular flexibility index (Phi) is 1.92. The van der Waals surface area contributed by atoms with Gasteiger partial charge in [0.05, 0.1) is 6.54 Å². The molecule has 0 saturated heterocycles. The van der Waals surface area contributed by atoms with Crippen molar-refractivity contribution in [2.75, 3.05) is 20.1 Å². The summed E-state index contributed by atoms with van der Waals surface area (Å²) in [5, 5.41) is 3.63. The van der Waals surface area contributed by atoms with Crippen molar-refractivity contribution in [2.24, 2.45) is 16.8 Å². The molecular formula is C11H19N3. The molecule has 0 aromatic rings. The minimum atomic E-state index is 0.730. The Balaban J connectivity index is 1.61. The van der Waals surface area contributed by atoms with Crippen LogP contribution in [0.2, 0.25) is 0 Å².